The molecule has 0 spiro atoms. The van der Waals surface area contributed by atoms with Gasteiger partial charge in [-0.2, -0.15) is 0 Å². The summed E-state index contributed by atoms with van der Waals surface area (Å²) in [5, 5.41) is 12.1. The van der Waals surface area contributed by atoms with E-state index in [-0.39, 0.29) is 27.8 Å². The predicted molar refractivity (Wildman–Crippen MR) is 108 cm³/mol. The van der Waals surface area contributed by atoms with E-state index in [0.717, 1.165) is 12.1 Å². The van der Waals surface area contributed by atoms with Gasteiger partial charge in [0.2, 0.25) is 15.6 Å². The number of fused-ring (bicyclic) bond motifs is 1. The van der Waals surface area contributed by atoms with Crippen LogP contribution in [0.5, 0.6) is 0 Å². The summed E-state index contributed by atoms with van der Waals surface area (Å²) in [5.74, 6) is -0.568. The van der Waals surface area contributed by atoms with Crippen LogP contribution < -0.4 is 5.32 Å². The van der Waals surface area contributed by atoms with Crippen molar-refractivity contribution in [2.24, 2.45) is 0 Å². The van der Waals surface area contributed by atoms with Gasteiger partial charge in [-0.05, 0) is 35.4 Å². The van der Waals surface area contributed by atoms with Crippen LogP contribution in [0.4, 0.5) is 4.39 Å². The number of rotatable bonds is 6. The van der Waals surface area contributed by atoms with Crippen molar-refractivity contribution < 1.29 is 22.7 Å². The summed E-state index contributed by atoms with van der Waals surface area (Å²) in [6.45, 7) is -0.359. The fourth-order valence-corrected chi connectivity index (χ4v) is 4.53. The Balaban J connectivity index is 1.49. The van der Waals surface area contributed by atoms with Crippen LogP contribution in [-0.4, -0.2) is 33.8 Å². The molecule has 2 aromatic carbocycles. The first-order valence-electron chi connectivity index (χ1n) is 9.19. The second kappa shape index (κ2) is 8.25. The van der Waals surface area contributed by atoms with Gasteiger partial charge in [0, 0.05) is 31.3 Å². The first-order chi connectivity index (χ1) is 14.9. The monoisotopic (exact) mass is 440 g/mol. The average molecular weight is 440 g/mol. The highest BCUT2D eigenvalue weighted by Crippen LogP contribution is 2.25. The molecule has 0 saturated heterocycles. The van der Waals surface area contributed by atoms with Gasteiger partial charge in [0.15, 0.2) is 0 Å². The Hall–Kier alpha value is -3.63. The Kier molecular flexibility index (Phi) is 5.49. The van der Waals surface area contributed by atoms with E-state index in [1.165, 1.54) is 24.4 Å². The Morgan fingerprint density at radius 1 is 1.13 bits per heavy atom. The van der Waals surface area contributed by atoms with Crippen molar-refractivity contribution in [2.45, 2.75) is 22.9 Å². The average Bonchev–Trinajstić information content (AvgIpc) is 3.25. The van der Waals surface area contributed by atoms with E-state index in [1.54, 1.807) is 35.1 Å². The lowest BCUT2D eigenvalue weighted by Crippen LogP contribution is -2.23. The molecule has 158 valence electrons. The van der Waals surface area contributed by atoms with Crippen LogP contribution >= 0.6 is 0 Å². The van der Waals surface area contributed by atoms with Crippen molar-refractivity contribution in [3.63, 3.8) is 0 Å². The van der Waals surface area contributed by atoms with Crippen LogP contribution in [0.2, 0.25) is 0 Å². The zero-order valence-corrected chi connectivity index (χ0v) is 16.9. The number of halogens is 1. The number of carbonyl (C=O) groups excluding carboxylic acids is 1. The van der Waals surface area contributed by atoms with E-state index in [0.29, 0.717) is 16.9 Å². The number of hydrogen-bond donors (Lipinski definition) is 2. The number of aromatic nitrogens is 3. The lowest BCUT2D eigenvalue weighted by molar-refractivity contribution is 0.0950. The van der Waals surface area contributed by atoms with Gasteiger partial charge in [-0.25, -0.2) is 22.8 Å². The maximum absolute atomic E-state index is 13.6. The fraction of sp³-hybridized carbons (Fsp3) is 0.0952. The molecule has 2 heterocycles. The third-order valence-electron chi connectivity index (χ3n) is 4.68. The van der Waals surface area contributed by atoms with E-state index in [4.69, 9.17) is 0 Å². The van der Waals surface area contributed by atoms with Crippen molar-refractivity contribution in [3.8, 4) is 0 Å². The lowest BCUT2D eigenvalue weighted by Gasteiger charge is -2.10. The summed E-state index contributed by atoms with van der Waals surface area (Å²) in [4.78, 5) is 20.1. The third-order valence-corrected chi connectivity index (χ3v) is 6.54. The highest BCUT2D eigenvalue weighted by Gasteiger charge is 2.22. The van der Waals surface area contributed by atoms with E-state index >= 15 is 0 Å². The minimum Gasteiger partial charge on any atom is -0.392 e. The van der Waals surface area contributed by atoms with Crippen molar-refractivity contribution in [3.05, 3.63) is 89.8 Å². The van der Waals surface area contributed by atoms with Crippen molar-refractivity contribution in [1.29, 1.82) is 0 Å². The zero-order chi connectivity index (χ0) is 22.0. The SMILES string of the molecule is O=C(NCc1ccc(S(=O)(=O)c2cc(F)ccc2CO)cc1)c1cnc2nccn2c1. The van der Waals surface area contributed by atoms with E-state index in [2.05, 4.69) is 15.3 Å². The molecule has 0 saturated carbocycles. The van der Waals surface area contributed by atoms with E-state index in [9.17, 15) is 22.7 Å². The molecule has 0 unspecified atom stereocenters. The normalized spacial score (nSPS) is 11.5. The van der Waals surface area contributed by atoms with Crippen LogP contribution in [0.1, 0.15) is 21.5 Å². The summed E-state index contributed by atoms with van der Waals surface area (Å²) in [5.41, 5.74) is 1.14. The number of nitrogens with one attached hydrogen (secondary N) is 1. The van der Waals surface area contributed by atoms with Gasteiger partial charge in [0.05, 0.1) is 22.0 Å². The van der Waals surface area contributed by atoms with Gasteiger partial charge in [-0.15, -0.1) is 0 Å². The maximum atomic E-state index is 13.6. The molecule has 2 aromatic heterocycles. The van der Waals surface area contributed by atoms with Crippen LogP contribution in [0, 0.1) is 5.82 Å². The smallest absolute Gasteiger partial charge is 0.254 e. The number of amides is 1. The van der Waals surface area contributed by atoms with Gasteiger partial charge in [-0.3, -0.25) is 9.20 Å². The Morgan fingerprint density at radius 3 is 2.65 bits per heavy atom. The summed E-state index contributed by atoms with van der Waals surface area (Å²) < 4.78 is 40.9. The molecule has 0 radical (unpaired) electrons. The second-order valence-electron chi connectivity index (χ2n) is 6.72. The van der Waals surface area contributed by atoms with E-state index in [1.807, 2.05) is 0 Å². The molecule has 8 nitrogen and oxygen atoms in total. The second-order valence-corrected chi connectivity index (χ2v) is 8.64. The number of aliphatic hydroxyl groups excluding tert-OH is 1. The topological polar surface area (TPSA) is 114 Å². The number of imidazole rings is 1. The third kappa shape index (κ3) is 4.16. The van der Waals surface area contributed by atoms with Gasteiger partial charge < -0.3 is 10.4 Å². The standard InChI is InChI=1S/C21H17FN4O4S/c22-17-4-3-15(13-27)19(9-17)31(29,30)18-5-1-14(2-6-18)10-24-20(28)16-11-25-21-23-7-8-26(21)12-16/h1-9,11-12,27H,10,13H2,(H,24,28). The number of hydrogen-bond acceptors (Lipinski definition) is 6. The summed E-state index contributed by atoms with van der Waals surface area (Å²) in [6.07, 6.45) is 6.29. The molecule has 31 heavy (non-hydrogen) atoms. The van der Waals surface area contributed by atoms with Crippen molar-refractivity contribution >= 4 is 21.5 Å². The number of nitrogens with zero attached hydrogens (tertiary/aromatic N) is 3. The highest BCUT2D eigenvalue weighted by molar-refractivity contribution is 7.91. The van der Waals surface area contributed by atoms with Gasteiger partial charge in [-0.1, -0.05) is 18.2 Å². The largest absolute Gasteiger partial charge is 0.392 e. The first kappa shape index (κ1) is 20.6. The zero-order valence-electron chi connectivity index (χ0n) is 16.1. The van der Waals surface area contributed by atoms with Gasteiger partial charge in [0.1, 0.15) is 5.82 Å². The van der Waals surface area contributed by atoms with Gasteiger partial charge in [0.25, 0.3) is 5.91 Å². The van der Waals surface area contributed by atoms with Crippen molar-refractivity contribution in [2.75, 3.05) is 0 Å². The predicted octanol–water partition coefficient (Wildman–Crippen LogP) is 2.12. The van der Waals surface area contributed by atoms with Crippen molar-refractivity contribution in [1.82, 2.24) is 19.7 Å². The first-order valence-corrected chi connectivity index (χ1v) is 10.7. The minimum absolute atomic E-state index is 0.0439. The Bertz CT molecular complexity index is 1370. The van der Waals surface area contributed by atoms with Crippen LogP contribution in [-0.2, 0) is 23.0 Å². The molecular weight excluding hydrogens is 423 g/mol. The van der Waals surface area contributed by atoms with Crippen LogP contribution in [0.3, 0.4) is 0 Å². The Labute approximate surface area is 176 Å². The molecular formula is C21H17FN4O4S. The number of benzene rings is 2. The Morgan fingerprint density at radius 2 is 1.90 bits per heavy atom. The number of carbonyl (C=O) groups is 1. The number of sulfone groups is 1. The molecule has 0 fully saturated rings. The molecule has 10 heteroatoms. The summed E-state index contributed by atoms with van der Waals surface area (Å²) >= 11 is 0. The molecule has 4 rings (SSSR count). The lowest BCUT2D eigenvalue weighted by atomic mass is 10.2. The van der Waals surface area contributed by atoms with Gasteiger partial charge >= 0.3 is 0 Å². The summed E-state index contributed by atoms with van der Waals surface area (Å²) in [6, 6.07) is 9.09. The van der Waals surface area contributed by atoms with Crippen LogP contribution in [0.25, 0.3) is 5.78 Å². The van der Waals surface area contributed by atoms with Crippen LogP contribution in [0.15, 0.2) is 77.0 Å². The highest BCUT2D eigenvalue weighted by atomic mass is 32.2. The molecule has 2 N–H and O–H groups in total. The maximum Gasteiger partial charge on any atom is 0.254 e. The minimum atomic E-state index is -4.01. The molecule has 0 bridgehead atoms. The molecule has 0 atom stereocenters. The quantitative estimate of drug-likeness (QED) is 0.475. The number of aliphatic hydroxyl groups is 1. The molecule has 0 aliphatic carbocycles. The molecule has 0 aliphatic heterocycles. The molecule has 4 aromatic rings. The summed E-state index contributed by atoms with van der Waals surface area (Å²) in [7, 11) is -4.01. The molecule has 1 amide bonds. The van der Waals surface area contributed by atoms with E-state index < -0.39 is 22.3 Å². The molecule has 0 aliphatic rings. The fourth-order valence-electron chi connectivity index (χ4n) is 3.04.